The van der Waals surface area contributed by atoms with Crippen molar-refractivity contribution in [1.29, 1.82) is 0 Å². The van der Waals surface area contributed by atoms with Gasteiger partial charge in [-0.15, -0.1) is 0 Å². The fraction of sp³-hybridized carbons (Fsp3) is 0.630. The lowest BCUT2D eigenvalue weighted by Crippen LogP contribution is -2.46. The van der Waals surface area contributed by atoms with Gasteiger partial charge in [0.05, 0.1) is 25.2 Å². The average molecular weight is 832 g/mol. The largest absolute Gasteiger partial charge is 0.462 e. The van der Waals surface area contributed by atoms with E-state index in [2.05, 4.69) is 99.0 Å². The third kappa shape index (κ3) is 41.3. The summed E-state index contributed by atoms with van der Waals surface area (Å²) in [6.07, 6.45) is 63.0. The maximum absolute atomic E-state index is 13.1. The summed E-state index contributed by atoms with van der Waals surface area (Å²) in [5, 5.41) is 23.6. The average Bonchev–Trinajstić information content (AvgIpc) is 3.24. The number of carbonyl (C=O) groups excluding carboxylic acids is 2. The number of aliphatic hydroxyl groups is 2. The molecular weight excluding hydrogens is 743 g/mol. The quantitative estimate of drug-likeness (QED) is 0.0247. The standard InChI is InChI=1S/C54H89NO5/c1-4-7-10-13-16-19-22-23-24-25-26-27-28-29-32-35-38-41-44-47-54(59)60-50(45-42-39-36-33-30-20-17-14-11-8-5-2)48-53(58)55-51(49-56)52(57)46-43-40-37-34-31-21-18-15-12-9-6-3/h7-8,10-11,14,16-17,19-20,23-24,26-27,29-30,32-33,36,50-52,56-57H,4-6,9,12-13,15,18,21-22,25,28,31,34-35,37-49H2,1-3H3,(H,55,58)/b10-7-,11-8+,17-14+,19-16-,24-23-,27-26-,30-20-,32-29-,36-33-. The number of hydrogen-bond acceptors (Lipinski definition) is 5. The number of hydrogen-bond donors (Lipinski definition) is 3. The Bertz CT molecular complexity index is 1250. The summed E-state index contributed by atoms with van der Waals surface area (Å²) >= 11 is 0. The van der Waals surface area contributed by atoms with Crippen molar-refractivity contribution in [2.75, 3.05) is 6.61 Å². The molecule has 340 valence electrons. The summed E-state index contributed by atoms with van der Waals surface area (Å²) in [6, 6.07) is -0.735. The molecule has 3 unspecified atom stereocenters. The molecule has 0 bridgehead atoms. The van der Waals surface area contributed by atoms with Crippen molar-refractivity contribution in [3.05, 3.63) is 109 Å². The summed E-state index contributed by atoms with van der Waals surface area (Å²) in [5.74, 6) is -0.593. The molecule has 6 heteroatoms. The van der Waals surface area contributed by atoms with E-state index in [1.807, 2.05) is 36.5 Å². The van der Waals surface area contributed by atoms with Crippen molar-refractivity contribution in [2.24, 2.45) is 0 Å². The Hall–Kier alpha value is -3.48. The van der Waals surface area contributed by atoms with Crippen LogP contribution in [0.25, 0.3) is 0 Å². The first kappa shape index (κ1) is 56.5. The smallest absolute Gasteiger partial charge is 0.306 e. The Morgan fingerprint density at radius 3 is 1.57 bits per heavy atom. The van der Waals surface area contributed by atoms with Gasteiger partial charge in [-0.1, -0.05) is 207 Å². The molecule has 0 aliphatic heterocycles. The lowest BCUT2D eigenvalue weighted by molar-refractivity contribution is -0.151. The molecule has 0 heterocycles. The molecule has 1 amide bonds. The Morgan fingerprint density at radius 2 is 1.00 bits per heavy atom. The number of allylic oxidation sites excluding steroid dienone is 18. The van der Waals surface area contributed by atoms with E-state index in [1.54, 1.807) is 0 Å². The highest BCUT2D eigenvalue weighted by molar-refractivity contribution is 5.77. The maximum Gasteiger partial charge on any atom is 0.306 e. The molecule has 0 spiro atoms. The molecule has 0 saturated heterocycles. The van der Waals surface area contributed by atoms with E-state index >= 15 is 0 Å². The summed E-state index contributed by atoms with van der Waals surface area (Å²) < 4.78 is 5.86. The number of unbranched alkanes of at least 4 members (excludes halogenated alkanes) is 14. The zero-order valence-corrected chi connectivity index (χ0v) is 38.5. The molecule has 0 aromatic heterocycles. The number of amides is 1. The molecule has 60 heavy (non-hydrogen) atoms. The second kappa shape index (κ2) is 46.6. The first-order valence-corrected chi connectivity index (χ1v) is 24.2. The van der Waals surface area contributed by atoms with Crippen molar-refractivity contribution in [2.45, 2.75) is 212 Å². The predicted molar refractivity (Wildman–Crippen MR) is 259 cm³/mol. The topological polar surface area (TPSA) is 95.9 Å². The first-order chi connectivity index (χ1) is 29.5. The fourth-order valence-electron chi connectivity index (χ4n) is 6.59. The highest BCUT2D eigenvalue weighted by atomic mass is 16.5. The summed E-state index contributed by atoms with van der Waals surface area (Å²) in [7, 11) is 0. The van der Waals surface area contributed by atoms with Crippen molar-refractivity contribution in [3.63, 3.8) is 0 Å². The van der Waals surface area contributed by atoms with Crippen molar-refractivity contribution in [3.8, 4) is 0 Å². The monoisotopic (exact) mass is 832 g/mol. The van der Waals surface area contributed by atoms with Crippen LogP contribution in [0.4, 0.5) is 0 Å². The zero-order valence-electron chi connectivity index (χ0n) is 38.5. The van der Waals surface area contributed by atoms with E-state index < -0.39 is 18.2 Å². The minimum atomic E-state index is -0.816. The molecule has 0 aliphatic carbocycles. The molecule has 0 saturated carbocycles. The maximum atomic E-state index is 13.1. The van der Waals surface area contributed by atoms with Crippen molar-refractivity contribution < 1.29 is 24.5 Å². The van der Waals surface area contributed by atoms with Gasteiger partial charge in [0.15, 0.2) is 0 Å². The molecule has 0 fully saturated rings. The molecule has 3 atom stereocenters. The van der Waals surface area contributed by atoms with Gasteiger partial charge in [-0.2, -0.15) is 0 Å². The van der Waals surface area contributed by atoms with E-state index in [9.17, 15) is 19.8 Å². The number of ether oxygens (including phenoxy) is 1. The normalized spacial score (nSPS) is 14.3. The van der Waals surface area contributed by atoms with Gasteiger partial charge in [0.1, 0.15) is 6.10 Å². The number of esters is 1. The minimum Gasteiger partial charge on any atom is -0.462 e. The lowest BCUT2D eigenvalue weighted by Gasteiger charge is -2.24. The van der Waals surface area contributed by atoms with E-state index in [1.165, 1.54) is 51.4 Å². The van der Waals surface area contributed by atoms with Crippen LogP contribution in [0.5, 0.6) is 0 Å². The van der Waals surface area contributed by atoms with Gasteiger partial charge >= 0.3 is 5.97 Å². The van der Waals surface area contributed by atoms with Crippen LogP contribution in [0.1, 0.15) is 194 Å². The van der Waals surface area contributed by atoms with Gasteiger partial charge in [0, 0.05) is 6.42 Å². The number of nitrogens with one attached hydrogen (secondary N) is 1. The van der Waals surface area contributed by atoms with Crippen LogP contribution >= 0.6 is 0 Å². The van der Waals surface area contributed by atoms with Crippen LogP contribution in [-0.2, 0) is 14.3 Å². The molecule has 6 nitrogen and oxygen atoms in total. The van der Waals surface area contributed by atoms with Gasteiger partial charge in [-0.05, 0) is 83.5 Å². The van der Waals surface area contributed by atoms with E-state index in [4.69, 9.17) is 4.74 Å². The van der Waals surface area contributed by atoms with Crippen LogP contribution in [0, 0.1) is 0 Å². The van der Waals surface area contributed by atoms with Gasteiger partial charge in [-0.3, -0.25) is 9.59 Å². The van der Waals surface area contributed by atoms with Gasteiger partial charge in [0.2, 0.25) is 5.91 Å². The van der Waals surface area contributed by atoms with Gasteiger partial charge in [-0.25, -0.2) is 0 Å². The van der Waals surface area contributed by atoms with E-state index in [0.717, 1.165) is 96.3 Å². The van der Waals surface area contributed by atoms with Crippen LogP contribution in [-0.4, -0.2) is 46.9 Å². The Morgan fingerprint density at radius 1 is 0.517 bits per heavy atom. The SMILES string of the molecule is CC/C=C\C/C=C\C/C=C\C/C=C\C/C=C\CCCCCC(=O)OC(CCC\C=C/C=C\C=C\C=C\CC)CC(=O)NC(CO)C(O)CCCCCCCCCCCCC. The minimum absolute atomic E-state index is 0.0111. The summed E-state index contributed by atoms with van der Waals surface area (Å²) in [6.45, 7) is 6.17. The number of rotatable bonds is 41. The fourth-order valence-corrected chi connectivity index (χ4v) is 6.59. The van der Waals surface area contributed by atoms with Crippen molar-refractivity contribution >= 4 is 11.9 Å². The molecule has 0 aromatic carbocycles. The second-order valence-electron chi connectivity index (χ2n) is 15.8. The van der Waals surface area contributed by atoms with Gasteiger partial charge < -0.3 is 20.3 Å². The van der Waals surface area contributed by atoms with E-state index in [0.29, 0.717) is 19.3 Å². The summed E-state index contributed by atoms with van der Waals surface area (Å²) in [5.41, 5.74) is 0. The summed E-state index contributed by atoms with van der Waals surface area (Å²) in [4.78, 5) is 26.0. The Kier molecular flexibility index (Phi) is 43.9. The second-order valence-corrected chi connectivity index (χ2v) is 15.8. The zero-order chi connectivity index (χ0) is 43.8. The van der Waals surface area contributed by atoms with Crippen LogP contribution < -0.4 is 5.32 Å². The molecule has 0 radical (unpaired) electrons. The third-order valence-corrected chi connectivity index (χ3v) is 10.2. The molecule has 0 aromatic rings. The van der Waals surface area contributed by atoms with Crippen LogP contribution in [0.3, 0.4) is 0 Å². The molecule has 0 rings (SSSR count). The molecular formula is C54H89NO5. The Balaban J connectivity index is 4.70. The van der Waals surface area contributed by atoms with Crippen molar-refractivity contribution in [1.82, 2.24) is 5.32 Å². The highest BCUT2D eigenvalue weighted by Gasteiger charge is 2.24. The third-order valence-electron chi connectivity index (χ3n) is 10.2. The number of aliphatic hydroxyl groups excluding tert-OH is 2. The first-order valence-electron chi connectivity index (χ1n) is 24.2. The highest BCUT2D eigenvalue weighted by Crippen LogP contribution is 2.16. The van der Waals surface area contributed by atoms with Gasteiger partial charge in [0.25, 0.3) is 0 Å². The van der Waals surface area contributed by atoms with Crippen LogP contribution in [0.15, 0.2) is 109 Å². The lowest BCUT2D eigenvalue weighted by atomic mass is 10.0. The van der Waals surface area contributed by atoms with E-state index in [-0.39, 0.29) is 24.9 Å². The molecule has 3 N–H and O–H groups in total. The Labute approximate surface area is 368 Å². The van der Waals surface area contributed by atoms with Crippen LogP contribution in [0.2, 0.25) is 0 Å². The molecule has 0 aliphatic rings. The number of carbonyl (C=O) groups is 2. The predicted octanol–water partition coefficient (Wildman–Crippen LogP) is 14.3.